The standard InChI is InChI=1S/C23H25FN4O2S/c1-4-11-27-22(13-30-21-8-6-5-7-19(21)24)25-26-23(27)31-14-20(29)18-12-15(2)28(16(18)3)17-9-10-17/h4-8,12,17H,1,9-11,13-14H2,2-3H3. The van der Waals surface area contributed by atoms with Crippen molar-refractivity contribution in [2.45, 2.75) is 51.0 Å². The zero-order chi connectivity index (χ0) is 22.0. The number of aromatic nitrogens is 4. The Hall–Kier alpha value is -2.87. The van der Waals surface area contributed by atoms with Crippen LogP contribution in [0.1, 0.15) is 46.5 Å². The average Bonchev–Trinajstić information content (AvgIpc) is 3.44. The summed E-state index contributed by atoms with van der Waals surface area (Å²) in [5.41, 5.74) is 2.95. The summed E-state index contributed by atoms with van der Waals surface area (Å²) >= 11 is 1.34. The summed E-state index contributed by atoms with van der Waals surface area (Å²) < 4.78 is 23.5. The van der Waals surface area contributed by atoms with Crippen LogP contribution in [0.15, 0.2) is 48.1 Å². The zero-order valence-corrected chi connectivity index (χ0v) is 18.5. The summed E-state index contributed by atoms with van der Waals surface area (Å²) in [5, 5.41) is 9.00. The van der Waals surface area contributed by atoms with Crippen LogP contribution in [-0.2, 0) is 13.2 Å². The van der Waals surface area contributed by atoms with E-state index in [1.54, 1.807) is 24.3 Å². The number of ether oxygens (including phenoxy) is 1. The number of hydrogen-bond acceptors (Lipinski definition) is 5. The van der Waals surface area contributed by atoms with E-state index in [1.165, 1.54) is 30.7 Å². The summed E-state index contributed by atoms with van der Waals surface area (Å²) in [6.45, 7) is 8.39. The fraction of sp³-hybridized carbons (Fsp3) is 0.348. The Labute approximate surface area is 185 Å². The average molecular weight is 441 g/mol. The van der Waals surface area contributed by atoms with Gasteiger partial charge in [0.2, 0.25) is 0 Å². The van der Waals surface area contributed by atoms with Crippen LogP contribution >= 0.6 is 11.8 Å². The third-order valence-electron chi connectivity index (χ3n) is 5.33. The monoisotopic (exact) mass is 440 g/mol. The normalized spacial score (nSPS) is 13.4. The molecule has 0 N–H and O–H groups in total. The lowest BCUT2D eigenvalue weighted by atomic mass is 10.2. The topological polar surface area (TPSA) is 61.9 Å². The number of halogens is 1. The van der Waals surface area contributed by atoms with Crippen molar-refractivity contribution in [3.8, 4) is 5.75 Å². The van der Waals surface area contributed by atoms with Crippen molar-refractivity contribution in [1.82, 2.24) is 19.3 Å². The molecule has 0 spiro atoms. The highest BCUT2D eigenvalue weighted by Crippen LogP contribution is 2.38. The van der Waals surface area contributed by atoms with E-state index < -0.39 is 5.82 Å². The van der Waals surface area contributed by atoms with Gasteiger partial charge in [-0.25, -0.2) is 4.39 Å². The fourth-order valence-electron chi connectivity index (χ4n) is 3.71. The lowest BCUT2D eigenvalue weighted by Crippen LogP contribution is -2.09. The number of carbonyl (C=O) groups excluding carboxylic acids is 1. The summed E-state index contributed by atoms with van der Waals surface area (Å²) in [6.07, 6.45) is 4.09. The van der Waals surface area contributed by atoms with Gasteiger partial charge in [0.15, 0.2) is 28.3 Å². The minimum absolute atomic E-state index is 0.0683. The van der Waals surface area contributed by atoms with Crippen LogP contribution in [0.5, 0.6) is 5.75 Å². The van der Waals surface area contributed by atoms with E-state index in [2.05, 4.69) is 28.3 Å². The molecule has 0 unspecified atom stereocenters. The van der Waals surface area contributed by atoms with Crippen LogP contribution in [0.3, 0.4) is 0 Å². The van der Waals surface area contributed by atoms with Crippen LogP contribution < -0.4 is 4.74 Å². The summed E-state index contributed by atoms with van der Waals surface area (Å²) in [7, 11) is 0. The summed E-state index contributed by atoms with van der Waals surface area (Å²) in [6, 6.07) is 8.75. The van der Waals surface area contributed by atoms with Crippen LogP contribution in [0.25, 0.3) is 0 Å². The Morgan fingerprint density at radius 2 is 2.10 bits per heavy atom. The number of hydrogen-bond donors (Lipinski definition) is 0. The molecule has 1 aliphatic rings. The SMILES string of the molecule is C=CCn1c(COc2ccccc2F)nnc1SCC(=O)c1cc(C)n(C2CC2)c1C. The van der Waals surface area contributed by atoms with Gasteiger partial charge in [-0.15, -0.1) is 16.8 Å². The molecule has 3 aromatic rings. The third kappa shape index (κ3) is 4.58. The number of allylic oxidation sites excluding steroid dienone is 1. The van der Waals surface area contributed by atoms with Gasteiger partial charge < -0.3 is 9.30 Å². The van der Waals surface area contributed by atoms with Gasteiger partial charge in [0.05, 0.1) is 5.75 Å². The maximum atomic E-state index is 13.8. The predicted molar refractivity (Wildman–Crippen MR) is 118 cm³/mol. The number of nitrogens with zero attached hydrogens (tertiary/aromatic N) is 4. The molecule has 0 bridgehead atoms. The van der Waals surface area contributed by atoms with Crippen LogP contribution in [0.2, 0.25) is 0 Å². The lowest BCUT2D eigenvalue weighted by Gasteiger charge is -2.10. The van der Waals surface area contributed by atoms with Crippen LogP contribution in [0.4, 0.5) is 4.39 Å². The van der Waals surface area contributed by atoms with E-state index in [9.17, 15) is 9.18 Å². The van der Waals surface area contributed by atoms with Crippen LogP contribution in [0, 0.1) is 19.7 Å². The van der Waals surface area contributed by atoms with Gasteiger partial charge in [0.1, 0.15) is 6.61 Å². The maximum absolute atomic E-state index is 13.8. The number of thioether (sulfide) groups is 1. The number of aryl methyl sites for hydroxylation is 1. The molecule has 1 fully saturated rings. The number of benzene rings is 1. The molecule has 4 rings (SSSR count). The van der Waals surface area contributed by atoms with Crippen molar-refractivity contribution in [2.24, 2.45) is 0 Å². The molecule has 1 aliphatic carbocycles. The van der Waals surface area contributed by atoms with Crippen molar-refractivity contribution in [3.63, 3.8) is 0 Å². The van der Waals surface area contributed by atoms with Crippen molar-refractivity contribution >= 4 is 17.5 Å². The smallest absolute Gasteiger partial charge is 0.192 e. The minimum Gasteiger partial charge on any atom is -0.483 e. The van der Waals surface area contributed by atoms with Crippen LogP contribution in [-0.4, -0.2) is 30.9 Å². The van der Waals surface area contributed by atoms with E-state index in [4.69, 9.17) is 4.74 Å². The van der Waals surface area contributed by atoms with Gasteiger partial charge in [0.25, 0.3) is 0 Å². The van der Waals surface area contributed by atoms with E-state index in [1.807, 2.05) is 17.6 Å². The molecular formula is C23H25FN4O2S. The van der Waals surface area contributed by atoms with Gasteiger partial charge in [-0.3, -0.25) is 9.36 Å². The summed E-state index contributed by atoms with van der Waals surface area (Å²) in [4.78, 5) is 12.9. The molecule has 0 aliphatic heterocycles. The number of carbonyl (C=O) groups is 1. The van der Waals surface area contributed by atoms with Crippen molar-refractivity contribution in [3.05, 3.63) is 71.6 Å². The first-order valence-corrected chi connectivity index (χ1v) is 11.2. The molecular weight excluding hydrogens is 415 g/mol. The largest absolute Gasteiger partial charge is 0.483 e. The van der Waals surface area contributed by atoms with Gasteiger partial charge >= 0.3 is 0 Å². The van der Waals surface area contributed by atoms with Crippen molar-refractivity contribution in [1.29, 1.82) is 0 Å². The number of para-hydroxylation sites is 1. The second-order valence-electron chi connectivity index (χ2n) is 7.62. The Morgan fingerprint density at radius 1 is 1.32 bits per heavy atom. The van der Waals surface area contributed by atoms with E-state index in [0.717, 1.165) is 17.0 Å². The van der Waals surface area contributed by atoms with Gasteiger partial charge in [-0.2, -0.15) is 0 Å². The molecule has 162 valence electrons. The highest BCUT2D eigenvalue weighted by molar-refractivity contribution is 7.99. The Bertz CT molecular complexity index is 1120. The first-order valence-electron chi connectivity index (χ1n) is 10.2. The van der Waals surface area contributed by atoms with Gasteiger partial charge in [0, 0.05) is 29.5 Å². The molecule has 1 saturated carbocycles. The number of Topliss-reactive ketones (excluding diaryl/α,β-unsaturated/α-hetero) is 1. The molecule has 0 atom stereocenters. The molecule has 8 heteroatoms. The third-order valence-corrected chi connectivity index (χ3v) is 6.29. The molecule has 6 nitrogen and oxygen atoms in total. The first-order chi connectivity index (χ1) is 15.0. The molecule has 2 aromatic heterocycles. The first kappa shape index (κ1) is 21.4. The highest BCUT2D eigenvalue weighted by atomic mass is 32.2. The second-order valence-corrected chi connectivity index (χ2v) is 8.56. The number of ketones is 1. The van der Waals surface area contributed by atoms with E-state index >= 15 is 0 Å². The quantitative estimate of drug-likeness (QED) is 0.255. The Kier molecular flexibility index (Phi) is 6.27. The van der Waals surface area contributed by atoms with E-state index in [0.29, 0.717) is 23.6 Å². The second kappa shape index (κ2) is 9.09. The Balaban J connectivity index is 1.45. The molecule has 0 radical (unpaired) electrons. The highest BCUT2D eigenvalue weighted by Gasteiger charge is 2.28. The molecule has 2 heterocycles. The van der Waals surface area contributed by atoms with Crippen molar-refractivity contribution in [2.75, 3.05) is 5.75 Å². The van der Waals surface area contributed by atoms with Gasteiger partial charge in [-0.05, 0) is 44.9 Å². The van der Waals surface area contributed by atoms with E-state index in [-0.39, 0.29) is 23.9 Å². The number of rotatable bonds is 10. The molecule has 0 saturated heterocycles. The van der Waals surface area contributed by atoms with Crippen molar-refractivity contribution < 1.29 is 13.9 Å². The Morgan fingerprint density at radius 3 is 2.81 bits per heavy atom. The summed E-state index contributed by atoms with van der Waals surface area (Å²) in [5.74, 6) is 0.609. The molecule has 0 amide bonds. The fourth-order valence-corrected chi connectivity index (χ4v) is 4.56. The maximum Gasteiger partial charge on any atom is 0.192 e. The minimum atomic E-state index is -0.429. The van der Waals surface area contributed by atoms with Gasteiger partial charge in [-0.1, -0.05) is 30.0 Å². The molecule has 31 heavy (non-hydrogen) atoms. The lowest BCUT2D eigenvalue weighted by molar-refractivity contribution is 0.102. The zero-order valence-electron chi connectivity index (χ0n) is 17.7. The molecule has 1 aromatic carbocycles. The predicted octanol–water partition coefficient (Wildman–Crippen LogP) is 4.91.